The third-order valence-corrected chi connectivity index (χ3v) is 5.48. The topological polar surface area (TPSA) is 85.3 Å². The van der Waals surface area contributed by atoms with E-state index in [0.717, 1.165) is 11.1 Å². The molecule has 1 N–H and O–H groups in total. The normalized spacial score (nSPS) is 17.6. The molecular weight excluding hydrogens is 410 g/mol. The standard InChI is InChI=1S/C25H29NO6/c1-5-32-18-9-7-17(8-10-18)22-21(24(28)25(29)26(22)13-6-14-30-3)23(27)20-12-11-19(31-4)15-16(20)2/h7-12,15,22,27H,5-6,13-14H2,1-4H3/t22-/m1/s1. The average molecular weight is 440 g/mol. The monoisotopic (exact) mass is 439 g/mol. The number of rotatable bonds is 9. The number of aliphatic hydroxyl groups is 1. The van der Waals surface area contributed by atoms with Crippen LogP contribution < -0.4 is 9.47 Å². The Morgan fingerprint density at radius 3 is 2.34 bits per heavy atom. The highest BCUT2D eigenvalue weighted by atomic mass is 16.5. The first-order valence-corrected chi connectivity index (χ1v) is 10.6. The number of Topliss-reactive ketones (excluding diaryl/α,β-unsaturated/α-hetero) is 1. The Bertz CT molecular complexity index is 1010. The van der Waals surface area contributed by atoms with Gasteiger partial charge in [-0.05, 0) is 61.7 Å². The minimum absolute atomic E-state index is 0.0739. The summed E-state index contributed by atoms with van der Waals surface area (Å²) in [5.74, 6) is -0.195. The Hall–Kier alpha value is -3.32. The molecule has 0 bridgehead atoms. The molecule has 7 heteroatoms. The van der Waals surface area contributed by atoms with Crippen molar-refractivity contribution in [2.45, 2.75) is 26.3 Å². The van der Waals surface area contributed by atoms with E-state index >= 15 is 0 Å². The second-order valence-corrected chi connectivity index (χ2v) is 7.52. The third-order valence-electron chi connectivity index (χ3n) is 5.48. The van der Waals surface area contributed by atoms with Crippen LogP contribution in [0.5, 0.6) is 11.5 Å². The molecule has 1 atom stereocenters. The van der Waals surface area contributed by atoms with Gasteiger partial charge in [0.25, 0.3) is 11.7 Å². The molecule has 1 heterocycles. The Labute approximate surface area is 188 Å². The molecule has 0 saturated carbocycles. The molecule has 3 rings (SSSR count). The number of methoxy groups -OCH3 is 2. The van der Waals surface area contributed by atoms with Crippen LogP contribution >= 0.6 is 0 Å². The number of benzene rings is 2. The van der Waals surface area contributed by atoms with Gasteiger partial charge in [0.15, 0.2) is 0 Å². The lowest BCUT2D eigenvalue weighted by Gasteiger charge is -2.25. The quantitative estimate of drug-likeness (QED) is 0.276. The molecule has 1 aliphatic heterocycles. The predicted octanol–water partition coefficient (Wildman–Crippen LogP) is 3.86. The Morgan fingerprint density at radius 2 is 1.75 bits per heavy atom. The zero-order valence-corrected chi connectivity index (χ0v) is 18.9. The van der Waals surface area contributed by atoms with Crippen LogP contribution in [0.1, 0.15) is 36.1 Å². The van der Waals surface area contributed by atoms with Crippen molar-refractivity contribution in [1.29, 1.82) is 0 Å². The first-order chi connectivity index (χ1) is 15.4. The van der Waals surface area contributed by atoms with Gasteiger partial charge < -0.3 is 24.2 Å². The molecule has 2 aromatic rings. The average Bonchev–Trinajstić information content (AvgIpc) is 3.04. The van der Waals surface area contributed by atoms with Gasteiger partial charge in [0.2, 0.25) is 0 Å². The van der Waals surface area contributed by atoms with Crippen molar-refractivity contribution in [2.24, 2.45) is 0 Å². The van der Waals surface area contributed by atoms with E-state index < -0.39 is 17.7 Å². The van der Waals surface area contributed by atoms with Crippen molar-refractivity contribution in [2.75, 3.05) is 34.0 Å². The molecular formula is C25H29NO6. The summed E-state index contributed by atoms with van der Waals surface area (Å²) in [7, 11) is 3.15. The van der Waals surface area contributed by atoms with Crippen molar-refractivity contribution >= 4 is 17.4 Å². The predicted molar refractivity (Wildman–Crippen MR) is 121 cm³/mol. The maximum absolute atomic E-state index is 13.1. The summed E-state index contributed by atoms with van der Waals surface area (Å²) >= 11 is 0. The maximum atomic E-state index is 13.1. The Balaban J connectivity index is 2.11. The van der Waals surface area contributed by atoms with Crippen molar-refractivity contribution in [1.82, 2.24) is 4.90 Å². The number of amides is 1. The number of aliphatic hydroxyl groups excluding tert-OH is 1. The van der Waals surface area contributed by atoms with Crippen LogP contribution in [0.15, 0.2) is 48.0 Å². The smallest absolute Gasteiger partial charge is 0.295 e. The van der Waals surface area contributed by atoms with Crippen molar-refractivity contribution in [3.63, 3.8) is 0 Å². The van der Waals surface area contributed by atoms with E-state index in [9.17, 15) is 14.7 Å². The second-order valence-electron chi connectivity index (χ2n) is 7.52. The summed E-state index contributed by atoms with van der Waals surface area (Å²) in [6.45, 7) is 5.03. The number of hydrogen-bond donors (Lipinski definition) is 1. The third kappa shape index (κ3) is 4.62. The highest BCUT2D eigenvalue weighted by Gasteiger charge is 2.45. The first kappa shape index (κ1) is 23.3. The molecule has 2 aromatic carbocycles. The fourth-order valence-corrected chi connectivity index (χ4v) is 3.92. The molecule has 1 amide bonds. The Morgan fingerprint density at radius 1 is 1.06 bits per heavy atom. The highest BCUT2D eigenvalue weighted by Crippen LogP contribution is 2.40. The minimum atomic E-state index is -0.705. The second kappa shape index (κ2) is 10.3. The summed E-state index contributed by atoms with van der Waals surface area (Å²) in [6.07, 6.45) is 0.568. The van der Waals surface area contributed by atoms with Crippen LogP contribution in [-0.4, -0.2) is 55.7 Å². The lowest BCUT2D eigenvalue weighted by Crippen LogP contribution is -2.31. The lowest BCUT2D eigenvalue weighted by molar-refractivity contribution is -0.140. The van der Waals surface area contributed by atoms with Crippen LogP contribution in [0.4, 0.5) is 0 Å². The summed E-state index contributed by atoms with van der Waals surface area (Å²) < 4.78 is 15.9. The van der Waals surface area contributed by atoms with E-state index in [4.69, 9.17) is 14.2 Å². The van der Waals surface area contributed by atoms with Crippen molar-refractivity contribution in [3.8, 4) is 11.5 Å². The summed E-state index contributed by atoms with van der Waals surface area (Å²) in [5.41, 5.74) is 2.01. The van der Waals surface area contributed by atoms with Crippen LogP contribution in [0, 0.1) is 6.92 Å². The molecule has 0 spiro atoms. The Kier molecular flexibility index (Phi) is 7.53. The zero-order chi connectivity index (χ0) is 23.3. The molecule has 32 heavy (non-hydrogen) atoms. The highest BCUT2D eigenvalue weighted by molar-refractivity contribution is 6.46. The van der Waals surface area contributed by atoms with Crippen LogP contribution in [0.2, 0.25) is 0 Å². The SMILES string of the molecule is CCOc1ccc([C@@H]2C(=C(O)c3ccc(OC)cc3C)C(=O)C(=O)N2CCCOC)cc1. The lowest BCUT2D eigenvalue weighted by atomic mass is 9.93. The van der Waals surface area contributed by atoms with Gasteiger partial charge >= 0.3 is 0 Å². The number of carbonyl (C=O) groups is 2. The van der Waals surface area contributed by atoms with Gasteiger partial charge in [0, 0.05) is 25.8 Å². The van der Waals surface area contributed by atoms with Gasteiger partial charge in [0.1, 0.15) is 17.3 Å². The van der Waals surface area contributed by atoms with Gasteiger partial charge in [0.05, 0.1) is 25.3 Å². The van der Waals surface area contributed by atoms with Crippen LogP contribution in [0.3, 0.4) is 0 Å². The van der Waals surface area contributed by atoms with E-state index in [-0.39, 0.29) is 11.3 Å². The van der Waals surface area contributed by atoms with Gasteiger partial charge in [-0.15, -0.1) is 0 Å². The number of aryl methyl sites for hydroxylation is 1. The molecule has 7 nitrogen and oxygen atoms in total. The maximum Gasteiger partial charge on any atom is 0.295 e. The summed E-state index contributed by atoms with van der Waals surface area (Å²) in [6, 6.07) is 11.7. The van der Waals surface area contributed by atoms with Gasteiger partial charge in [-0.3, -0.25) is 9.59 Å². The molecule has 0 unspecified atom stereocenters. The van der Waals surface area contributed by atoms with Gasteiger partial charge in [-0.2, -0.15) is 0 Å². The first-order valence-electron chi connectivity index (χ1n) is 10.6. The number of nitrogens with zero attached hydrogens (tertiary/aromatic N) is 1. The molecule has 170 valence electrons. The van der Waals surface area contributed by atoms with E-state index in [1.165, 1.54) is 4.90 Å². The van der Waals surface area contributed by atoms with Crippen LogP contribution in [0.25, 0.3) is 5.76 Å². The van der Waals surface area contributed by atoms with E-state index in [1.54, 1.807) is 44.6 Å². The molecule has 0 radical (unpaired) electrons. The molecule has 1 aliphatic rings. The number of hydrogen-bond acceptors (Lipinski definition) is 6. The summed E-state index contributed by atoms with van der Waals surface area (Å²) in [4.78, 5) is 27.5. The van der Waals surface area contributed by atoms with Gasteiger partial charge in [-0.1, -0.05) is 12.1 Å². The number of ketones is 1. The fraction of sp³-hybridized carbons (Fsp3) is 0.360. The molecule has 0 aliphatic carbocycles. The van der Waals surface area contributed by atoms with E-state index in [0.29, 0.717) is 43.2 Å². The number of likely N-dealkylation sites (tertiary alicyclic amines) is 1. The minimum Gasteiger partial charge on any atom is -0.507 e. The van der Waals surface area contributed by atoms with E-state index in [1.807, 2.05) is 26.0 Å². The summed E-state index contributed by atoms with van der Waals surface area (Å²) in [5, 5.41) is 11.2. The van der Waals surface area contributed by atoms with Crippen molar-refractivity contribution in [3.05, 3.63) is 64.7 Å². The van der Waals surface area contributed by atoms with Crippen molar-refractivity contribution < 1.29 is 28.9 Å². The van der Waals surface area contributed by atoms with Gasteiger partial charge in [-0.25, -0.2) is 0 Å². The number of carbonyl (C=O) groups excluding carboxylic acids is 2. The largest absolute Gasteiger partial charge is 0.507 e. The van der Waals surface area contributed by atoms with Crippen LogP contribution in [-0.2, 0) is 14.3 Å². The zero-order valence-electron chi connectivity index (χ0n) is 18.9. The molecule has 1 fully saturated rings. The van der Waals surface area contributed by atoms with E-state index in [2.05, 4.69) is 0 Å². The number of ether oxygens (including phenoxy) is 3. The molecule has 0 aromatic heterocycles. The fourth-order valence-electron chi connectivity index (χ4n) is 3.92. The molecule has 1 saturated heterocycles.